The number of hydrogen-bond acceptors (Lipinski definition) is 4. The van der Waals surface area contributed by atoms with Gasteiger partial charge >= 0.3 is 0 Å². The van der Waals surface area contributed by atoms with Crippen LogP contribution in [0.25, 0.3) is 0 Å². The van der Waals surface area contributed by atoms with Crippen molar-refractivity contribution in [1.29, 1.82) is 0 Å². The second-order valence-electron chi connectivity index (χ2n) is 2.14. The SMILES string of the molecule is CC(C)N(O)C(O)CO. The number of hydroxylamine groups is 2. The topological polar surface area (TPSA) is 63.9 Å². The first kappa shape index (κ1) is 8.84. The van der Waals surface area contributed by atoms with Gasteiger partial charge in [-0.05, 0) is 13.8 Å². The molecule has 56 valence electrons. The summed E-state index contributed by atoms with van der Waals surface area (Å²) in [7, 11) is 0. The normalized spacial score (nSPS) is 15.0. The van der Waals surface area contributed by atoms with Crippen molar-refractivity contribution in [3.05, 3.63) is 0 Å². The fourth-order valence-corrected chi connectivity index (χ4v) is 0.428. The van der Waals surface area contributed by atoms with Crippen molar-refractivity contribution in [3.8, 4) is 0 Å². The molecule has 3 N–H and O–H groups in total. The molecule has 0 saturated heterocycles. The molecule has 0 rings (SSSR count). The lowest BCUT2D eigenvalue weighted by Gasteiger charge is -2.22. The second-order valence-corrected chi connectivity index (χ2v) is 2.14. The highest BCUT2D eigenvalue weighted by atomic mass is 16.5. The Morgan fingerprint density at radius 3 is 2.00 bits per heavy atom. The first-order chi connectivity index (χ1) is 4.09. The third kappa shape index (κ3) is 2.76. The Bertz CT molecular complexity index is 76.6. The third-order valence-corrected chi connectivity index (χ3v) is 0.998. The lowest BCUT2D eigenvalue weighted by molar-refractivity contribution is -0.225. The minimum atomic E-state index is -1.16. The monoisotopic (exact) mass is 135 g/mol. The van der Waals surface area contributed by atoms with Gasteiger partial charge in [0.1, 0.15) is 0 Å². The van der Waals surface area contributed by atoms with E-state index in [9.17, 15) is 0 Å². The summed E-state index contributed by atoms with van der Waals surface area (Å²) in [4.78, 5) is 0. The Kier molecular flexibility index (Phi) is 3.72. The van der Waals surface area contributed by atoms with E-state index in [0.29, 0.717) is 5.06 Å². The summed E-state index contributed by atoms with van der Waals surface area (Å²) in [6.07, 6.45) is -1.16. The van der Waals surface area contributed by atoms with Crippen molar-refractivity contribution in [2.45, 2.75) is 26.1 Å². The zero-order chi connectivity index (χ0) is 7.44. The van der Waals surface area contributed by atoms with Gasteiger partial charge in [-0.2, -0.15) is 5.06 Å². The maximum absolute atomic E-state index is 8.82. The zero-order valence-corrected chi connectivity index (χ0v) is 5.65. The van der Waals surface area contributed by atoms with Crippen LogP contribution >= 0.6 is 0 Å². The summed E-state index contributed by atoms with van der Waals surface area (Å²) < 4.78 is 0. The molecular formula is C5H13NO3. The zero-order valence-electron chi connectivity index (χ0n) is 5.65. The van der Waals surface area contributed by atoms with E-state index in [2.05, 4.69) is 0 Å². The van der Waals surface area contributed by atoms with Crippen LogP contribution in [0.1, 0.15) is 13.8 Å². The van der Waals surface area contributed by atoms with Gasteiger partial charge in [0.2, 0.25) is 0 Å². The molecule has 9 heavy (non-hydrogen) atoms. The van der Waals surface area contributed by atoms with Crippen molar-refractivity contribution < 1.29 is 15.4 Å². The summed E-state index contributed by atoms with van der Waals surface area (Å²) >= 11 is 0. The van der Waals surface area contributed by atoms with Crippen molar-refractivity contribution >= 4 is 0 Å². The number of aliphatic hydroxyl groups excluding tert-OH is 2. The van der Waals surface area contributed by atoms with Gasteiger partial charge in [-0.1, -0.05) is 0 Å². The number of hydrogen-bond donors (Lipinski definition) is 3. The van der Waals surface area contributed by atoms with E-state index >= 15 is 0 Å². The van der Waals surface area contributed by atoms with Crippen molar-refractivity contribution in [2.24, 2.45) is 0 Å². The van der Waals surface area contributed by atoms with E-state index in [1.165, 1.54) is 0 Å². The van der Waals surface area contributed by atoms with E-state index in [4.69, 9.17) is 15.4 Å². The number of nitrogens with zero attached hydrogens (tertiary/aromatic N) is 1. The Balaban J connectivity index is 3.58. The van der Waals surface area contributed by atoms with E-state index in [0.717, 1.165) is 0 Å². The van der Waals surface area contributed by atoms with Crippen LogP contribution in [0.15, 0.2) is 0 Å². The highest BCUT2D eigenvalue weighted by molar-refractivity contribution is 4.53. The van der Waals surface area contributed by atoms with Gasteiger partial charge in [0.15, 0.2) is 6.23 Å². The summed E-state index contributed by atoms with van der Waals surface area (Å²) in [6, 6.07) is -0.174. The van der Waals surface area contributed by atoms with E-state index < -0.39 is 12.8 Å². The highest BCUT2D eigenvalue weighted by Crippen LogP contribution is 1.96. The Morgan fingerprint density at radius 1 is 1.44 bits per heavy atom. The Hall–Kier alpha value is -0.160. The molecule has 1 atom stereocenters. The summed E-state index contributed by atoms with van der Waals surface area (Å²) in [5.74, 6) is 0. The van der Waals surface area contributed by atoms with Crippen LogP contribution in [0, 0.1) is 0 Å². The van der Waals surface area contributed by atoms with E-state index in [1.807, 2.05) is 0 Å². The first-order valence-corrected chi connectivity index (χ1v) is 2.85. The fourth-order valence-electron chi connectivity index (χ4n) is 0.428. The summed E-state index contributed by atoms with van der Waals surface area (Å²) in [6.45, 7) is 2.96. The minimum Gasteiger partial charge on any atom is -0.392 e. The molecule has 0 aliphatic carbocycles. The molecule has 1 unspecified atom stereocenters. The fraction of sp³-hybridized carbons (Fsp3) is 1.00. The molecule has 0 heterocycles. The molecule has 0 aliphatic rings. The van der Waals surface area contributed by atoms with Crippen LogP contribution < -0.4 is 0 Å². The maximum atomic E-state index is 8.82. The molecule has 0 aromatic heterocycles. The van der Waals surface area contributed by atoms with Crippen molar-refractivity contribution in [2.75, 3.05) is 6.61 Å². The third-order valence-electron chi connectivity index (χ3n) is 0.998. The molecule has 0 bridgehead atoms. The molecule has 0 radical (unpaired) electrons. The summed E-state index contributed by atoms with van der Waals surface area (Å²) in [5.41, 5.74) is 0. The summed E-state index contributed by atoms with van der Waals surface area (Å²) in [5, 5.41) is 26.5. The molecule has 0 amide bonds. The molecule has 0 fully saturated rings. The van der Waals surface area contributed by atoms with Gasteiger partial charge in [-0.15, -0.1) is 0 Å². The average molecular weight is 135 g/mol. The number of rotatable bonds is 3. The van der Waals surface area contributed by atoms with Crippen LogP contribution in [-0.4, -0.2) is 39.4 Å². The minimum absolute atomic E-state index is 0.174. The van der Waals surface area contributed by atoms with E-state index in [1.54, 1.807) is 13.8 Å². The molecule has 4 heteroatoms. The van der Waals surface area contributed by atoms with Crippen molar-refractivity contribution in [3.63, 3.8) is 0 Å². The Labute approximate surface area is 54.3 Å². The standard InChI is InChI=1S/C5H13NO3/c1-4(2)6(9)5(8)3-7/h4-5,7-9H,3H2,1-2H3. The van der Waals surface area contributed by atoms with Gasteiger partial charge in [-0.3, -0.25) is 0 Å². The first-order valence-electron chi connectivity index (χ1n) is 2.85. The molecule has 0 spiro atoms. The highest BCUT2D eigenvalue weighted by Gasteiger charge is 2.13. The predicted molar refractivity (Wildman–Crippen MR) is 31.9 cm³/mol. The molecule has 4 nitrogen and oxygen atoms in total. The van der Waals surface area contributed by atoms with Crippen LogP contribution in [0.3, 0.4) is 0 Å². The molecule has 0 saturated carbocycles. The second kappa shape index (κ2) is 3.79. The van der Waals surface area contributed by atoms with Gasteiger partial charge in [0.05, 0.1) is 6.61 Å². The van der Waals surface area contributed by atoms with Crippen LogP contribution in [0.5, 0.6) is 0 Å². The molecule has 0 aromatic carbocycles. The van der Waals surface area contributed by atoms with Gasteiger partial charge in [0.25, 0.3) is 0 Å². The average Bonchev–Trinajstić information content (AvgIpc) is 1.84. The molecular weight excluding hydrogens is 122 g/mol. The quantitative estimate of drug-likeness (QED) is 0.357. The maximum Gasteiger partial charge on any atom is 0.152 e. The predicted octanol–water partition coefficient (Wildman–Crippen LogP) is -0.603. The molecule has 0 aliphatic heterocycles. The van der Waals surface area contributed by atoms with Crippen LogP contribution in [-0.2, 0) is 0 Å². The Morgan fingerprint density at radius 2 is 1.89 bits per heavy atom. The van der Waals surface area contributed by atoms with Crippen LogP contribution in [0.4, 0.5) is 0 Å². The molecule has 0 aromatic rings. The van der Waals surface area contributed by atoms with Crippen LogP contribution in [0.2, 0.25) is 0 Å². The largest absolute Gasteiger partial charge is 0.392 e. The lowest BCUT2D eigenvalue weighted by Crippen LogP contribution is -2.39. The van der Waals surface area contributed by atoms with E-state index in [-0.39, 0.29) is 6.04 Å². The van der Waals surface area contributed by atoms with Gasteiger partial charge in [0, 0.05) is 6.04 Å². The lowest BCUT2D eigenvalue weighted by atomic mass is 10.4. The smallest absolute Gasteiger partial charge is 0.152 e. The van der Waals surface area contributed by atoms with Gasteiger partial charge < -0.3 is 15.4 Å². The van der Waals surface area contributed by atoms with Crippen molar-refractivity contribution in [1.82, 2.24) is 5.06 Å². The van der Waals surface area contributed by atoms with Gasteiger partial charge in [-0.25, -0.2) is 0 Å². The number of aliphatic hydroxyl groups is 2.